The summed E-state index contributed by atoms with van der Waals surface area (Å²) in [5.74, 6) is 0.127. The Morgan fingerprint density at radius 2 is 1.81 bits per heavy atom. The molecule has 1 heterocycles. The van der Waals surface area contributed by atoms with Crippen molar-refractivity contribution in [3.05, 3.63) is 22.8 Å². The van der Waals surface area contributed by atoms with Crippen molar-refractivity contribution in [2.24, 2.45) is 22.7 Å². The largest absolute Gasteiger partial charge is 0.454 e. The first kappa shape index (κ1) is 23.0. The Bertz CT molecular complexity index is 888. The van der Waals surface area contributed by atoms with Crippen LogP contribution in [0, 0.1) is 22.7 Å². The highest BCUT2D eigenvalue weighted by Crippen LogP contribution is 2.60. The Labute approximate surface area is 189 Å². The quantitative estimate of drug-likeness (QED) is 0.299. The molecule has 31 heavy (non-hydrogen) atoms. The SMILES string of the molecule is CC1=CC[C@H]2[C@H]3OC(=O)C4=C3[C@](C)(CC(=O)[C@@H]1C2(C)C)[C@@H](O[Si](C)(C)C(C)(C)C)CC4. The second-order valence-corrected chi connectivity index (χ2v) is 17.5. The number of ether oxygens (including phenoxy) is 1. The van der Waals surface area contributed by atoms with E-state index in [4.69, 9.17) is 9.16 Å². The molecule has 1 fully saturated rings. The van der Waals surface area contributed by atoms with Gasteiger partial charge in [0.15, 0.2) is 8.32 Å². The van der Waals surface area contributed by atoms with Crippen LogP contribution in [0.3, 0.4) is 0 Å². The maximum absolute atomic E-state index is 13.9. The first-order valence-corrected chi connectivity index (χ1v) is 14.8. The highest BCUT2D eigenvalue weighted by Gasteiger charge is 2.61. The molecule has 0 radical (unpaired) electrons. The average Bonchev–Trinajstić information content (AvgIpc) is 2.92. The molecular weight excluding hydrogens is 404 g/mol. The number of allylic oxidation sites excluding steroid dienone is 2. The molecule has 0 amide bonds. The van der Waals surface area contributed by atoms with Gasteiger partial charge in [-0.05, 0) is 55.3 Å². The number of carbonyl (C=O) groups excluding carboxylic acids is 2. The Morgan fingerprint density at radius 3 is 2.42 bits per heavy atom. The van der Waals surface area contributed by atoms with E-state index in [1.54, 1.807) is 0 Å². The van der Waals surface area contributed by atoms with Crippen LogP contribution < -0.4 is 0 Å². The van der Waals surface area contributed by atoms with Gasteiger partial charge in [0.25, 0.3) is 0 Å². The maximum atomic E-state index is 13.9. The Balaban J connectivity index is 1.85. The predicted molar refractivity (Wildman–Crippen MR) is 125 cm³/mol. The second kappa shape index (κ2) is 6.90. The molecule has 4 nitrogen and oxygen atoms in total. The number of hydrogen-bond acceptors (Lipinski definition) is 4. The van der Waals surface area contributed by atoms with Gasteiger partial charge in [-0.1, -0.05) is 53.2 Å². The molecule has 0 aromatic carbocycles. The Hall–Kier alpha value is -1.20. The minimum Gasteiger partial charge on any atom is -0.454 e. The van der Waals surface area contributed by atoms with E-state index in [9.17, 15) is 9.59 Å². The number of carbonyl (C=O) groups is 2. The molecule has 1 saturated carbocycles. The number of fused-ring (bicyclic) bond motifs is 3. The van der Waals surface area contributed by atoms with E-state index >= 15 is 0 Å². The normalized spacial score (nSPS) is 37.6. The van der Waals surface area contributed by atoms with Gasteiger partial charge in [-0.25, -0.2) is 4.79 Å². The van der Waals surface area contributed by atoms with Crippen LogP contribution in [0.2, 0.25) is 18.1 Å². The average molecular weight is 445 g/mol. The van der Waals surface area contributed by atoms with Crippen LogP contribution in [0.4, 0.5) is 0 Å². The Morgan fingerprint density at radius 1 is 1.16 bits per heavy atom. The van der Waals surface area contributed by atoms with Gasteiger partial charge >= 0.3 is 5.97 Å². The summed E-state index contributed by atoms with van der Waals surface area (Å²) in [6.45, 7) is 20.0. The van der Waals surface area contributed by atoms with E-state index in [0.717, 1.165) is 24.0 Å². The summed E-state index contributed by atoms with van der Waals surface area (Å²) < 4.78 is 13.1. The van der Waals surface area contributed by atoms with Crippen molar-refractivity contribution in [1.29, 1.82) is 0 Å². The summed E-state index contributed by atoms with van der Waals surface area (Å²) in [6, 6.07) is 0. The van der Waals surface area contributed by atoms with Gasteiger partial charge in [0.2, 0.25) is 0 Å². The van der Waals surface area contributed by atoms with Crippen molar-refractivity contribution >= 4 is 20.1 Å². The summed E-state index contributed by atoms with van der Waals surface area (Å²) in [5, 5.41) is 0.0862. The second-order valence-electron chi connectivity index (χ2n) is 12.7. The lowest BCUT2D eigenvalue weighted by atomic mass is 9.52. The first-order chi connectivity index (χ1) is 14.1. The topological polar surface area (TPSA) is 52.6 Å². The van der Waals surface area contributed by atoms with Crippen molar-refractivity contribution in [2.75, 3.05) is 0 Å². The third-order valence-electron chi connectivity index (χ3n) is 9.39. The highest BCUT2D eigenvalue weighted by atomic mass is 28.4. The van der Waals surface area contributed by atoms with Gasteiger partial charge in [0, 0.05) is 29.2 Å². The third kappa shape index (κ3) is 3.25. The molecule has 0 N–H and O–H groups in total. The molecule has 0 spiro atoms. The van der Waals surface area contributed by atoms with Crippen LogP contribution >= 0.6 is 0 Å². The third-order valence-corrected chi connectivity index (χ3v) is 13.9. The molecule has 0 aromatic heterocycles. The van der Waals surface area contributed by atoms with E-state index in [1.807, 2.05) is 0 Å². The zero-order valence-corrected chi connectivity index (χ0v) is 21.8. The zero-order valence-electron chi connectivity index (χ0n) is 20.8. The van der Waals surface area contributed by atoms with Gasteiger partial charge < -0.3 is 9.16 Å². The minimum atomic E-state index is -2.05. The molecule has 5 atom stereocenters. The lowest BCUT2D eigenvalue weighted by molar-refractivity contribution is -0.147. The Kier molecular flexibility index (Phi) is 5.11. The summed E-state index contributed by atoms with van der Waals surface area (Å²) in [5.41, 5.74) is 2.37. The van der Waals surface area contributed by atoms with E-state index in [-0.39, 0.29) is 40.5 Å². The molecule has 4 rings (SSSR count). The van der Waals surface area contributed by atoms with Crippen LogP contribution in [0.1, 0.15) is 74.1 Å². The monoisotopic (exact) mass is 444 g/mol. The smallest absolute Gasteiger partial charge is 0.334 e. The van der Waals surface area contributed by atoms with E-state index in [1.165, 1.54) is 5.57 Å². The lowest BCUT2D eigenvalue weighted by Gasteiger charge is -2.54. The number of Topliss-reactive ketones (excluding diaryl/α,β-unsaturated/α-hetero) is 1. The number of esters is 1. The van der Waals surface area contributed by atoms with E-state index < -0.39 is 13.7 Å². The molecule has 4 aliphatic rings. The summed E-state index contributed by atoms with van der Waals surface area (Å²) in [4.78, 5) is 26.8. The van der Waals surface area contributed by atoms with Crippen molar-refractivity contribution < 1.29 is 18.8 Å². The summed E-state index contributed by atoms with van der Waals surface area (Å²) >= 11 is 0. The lowest BCUT2D eigenvalue weighted by Crippen LogP contribution is -2.56. The van der Waals surface area contributed by atoms with Crippen LogP contribution in [-0.2, 0) is 18.8 Å². The van der Waals surface area contributed by atoms with Gasteiger partial charge in [0.1, 0.15) is 11.9 Å². The maximum Gasteiger partial charge on any atom is 0.334 e. The van der Waals surface area contributed by atoms with Crippen LogP contribution in [0.5, 0.6) is 0 Å². The highest BCUT2D eigenvalue weighted by molar-refractivity contribution is 6.74. The first-order valence-electron chi connectivity index (χ1n) is 11.9. The fraction of sp³-hybridized carbons (Fsp3) is 0.769. The summed E-state index contributed by atoms with van der Waals surface area (Å²) in [7, 11) is -2.05. The zero-order chi connectivity index (χ0) is 23.1. The minimum absolute atomic E-state index is 0.0562. The molecular formula is C26H40O4Si. The van der Waals surface area contributed by atoms with Crippen molar-refractivity contribution in [1.82, 2.24) is 0 Å². The molecule has 3 aliphatic carbocycles. The van der Waals surface area contributed by atoms with Crippen LogP contribution in [-0.4, -0.2) is 32.3 Å². The van der Waals surface area contributed by atoms with Crippen molar-refractivity contribution in [2.45, 2.75) is 104 Å². The van der Waals surface area contributed by atoms with Crippen LogP contribution in [0.25, 0.3) is 0 Å². The van der Waals surface area contributed by atoms with Gasteiger partial charge in [-0.15, -0.1) is 0 Å². The van der Waals surface area contributed by atoms with Gasteiger partial charge in [-0.3, -0.25) is 4.79 Å². The number of rotatable bonds is 2. The predicted octanol–water partition coefficient (Wildman–Crippen LogP) is 5.98. The standard InChI is InChI=1S/C26H40O4Si/c1-15-10-12-17-22-21-16(23(28)29-22)11-13-19(30-31(8,9)24(2,3)4)26(21,7)14-18(27)20(15)25(17,5)6/h10,17,19-20,22H,11-14H2,1-9H3/t17-,19-,20+,22+,26+/m0/s1. The van der Waals surface area contributed by atoms with Crippen LogP contribution in [0.15, 0.2) is 22.8 Å². The molecule has 2 bridgehead atoms. The fourth-order valence-electron chi connectivity index (χ4n) is 6.60. The molecule has 1 aliphatic heterocycles. The van der Waals surface area contributed by atoms with E-state index in [0.29, 0.717) is 18.6 Å². The molecule has 0 aromatic rings. The van der Waals surface area contributed by atoms with Crippen molar-refractivity contribution in [3.63, 3.8) is 0 Å². The van der Waals surface area contributed by atoms with Crippen molar-refractivity contribution in [3.8, 4) is 0 Å². The van der Waals surface area contributed by atoms with Gasteiger partial charge in [-0.2, -0.15) is 0 Å². The fourth-order valence-corrected chi connectivity index (χ4v) is 8.04. The molecule has 0 saturated heterocycles. The summed E-state index contributed by atoms with van der Waals surface area (Å²) in [6.07, 6.45) is 4.65. The number of ketones is 1. The molecule has 172 valence electrons. The van der Waals surface area contributed by atoms with Gasteiger partial charge in [0.05, 0.1) is 6.10 Å². The molecule has 5 heteroatoms. The molecule has 0 unspecified atom stereocenters. The van der Waals surface area contributed by atoms with E-state index in [2.05, 4.69) is 67.6 Å². The number of hydrogen-bond donors (Lipinski definition) is 0.